The minimum atomic E-state index is -1.08. The van der Waals surface area contributed by atoms with Crippen LogP contribution in [0.1, 0.15) is 34.0 Å². The number of hydrogen-bond donors (Lipinski definition) is 2. The van der Waals surface area contributed by atoms with E-state index >= 15 is 0 Å². The molecule has 36 heavy (non-hydrogen) atoms. The molecule has 3 aromatic carbocycles. The van der Waals surface area contributed by atoms with Crippen LogP contribution in [-0.2, 0) is 4.74 Å². The van der Waals surface area contributed by atoms with E-state index in [1.54, 1.807) is 23.1 Å². The maximum atomic E-state index is 13.0. The molecule has 2 aliphatic rings. The van der Waals surface area contributed by atoms with Gasteiger partial charge in [0.25, 0.3) is 6.41 Å². The fraction of sp³-hybridized carbons (Fsp3) is 0.286. The van der Waals surface area contributed by atoms with E-state index in [0.717, 1.165) is 11.1 Å². The third-order valence-electron chi connectivity index (χ3n) is 6.53. The van der Waals surface area contributed by atoms with Gasteiger partial charge in [-0.2, -0.15) is 0 Å². The van der Waals surface area contributed by atoms with Crippen LogP contribution in [0.5, 0.6) is 5.75 Å². The molecular formula is C28H29N3O5. The van der Waals surface area contributed by atoms with Crippen LogP contribution in [-0.4, -0.2) is 65.9 Å². The third-order valence-corrected chi connectivity index (χ3v) is 6.53. The van der Waals surface area contributed by atoms with Crippen LogP contribution < -0.4 is 10.1 Å². The summed E-state index contributed by atoms with van der Waals surface area (Å²) in [6.07, 6.45) is -1.52. The highest BCUT2D eigenvalue weighted by atomic mass is 16.6. The second-order valence-corrected chi connectivity index (χ2v) is 8.91. The van der Waals surface area contributed by atoms with Crippen LogP contribution in [0.4, 0.5) is 10.5 Å². The molecule has 0 bridgehead atoms. The normalized spacial score (nSPS) is 17.3. The smallest absolute Gasteiger partial charge is 0.410 e. The highest BCUT2D eigenvalue weighted by Gasteiger charge is 2.27. The summed E-state index contributed by atoms with van der Waals surface area (Å²) in [5.74, 6) is 0.489. The highest BCUT2D eigenvalue weighted by Crippen LogP contribution is 2.32. The Labute approximate surface area is 210 Å². The molecule has 5 rings (SSSR count). The Balaban J connectivity index is 1.13. The second kappa shape index (κ2) is 10.8. The van der Waals surface area contributed by atoms with Crippen LogP contribution in [0.25, 0.3) is 0 Å². The summed E-state index contributed by atoms with van der Waals surface area (Å²) < 4.78 is 11.2. The average molecular weight is 488 g/mol. The molecule has 0 aromatic heterocycles. The lowest BCUT2D eigenvalue weighted by molar-refractivity contribution is 0.0211. The summed E-state index contributed by atoms with van der Waals surface area (Å²) in [6.45, 7) is 3.04. The lowest BCUT2D eigenvalue weighted by atomic mass is 10.0. The number of aliphatic hydroxyl groups excluding tert-OH is 1. The molecule has 3 aromatic rings. The van der Waals surface area contributed by atoms with Crippen molar-refractivity contribution in [1.29, 1.82) is 0 Å². The van der Waals surface area contributed by atoms with Crippen molar-refractivity contribution in [1.82, 2.24) is 9.80 Å². The molecule has 0 saturated carbocycles. The molecule has 2 aliphatic heterocycles. The Morgan fingerprint density at radius 2 is 1.58 bits per heavy atom. The number of amides is 1. The topological polar surface area (TPSA) is 91.3 Å². The van der Waals surface area contributed by atoms with Crippen LogP contribution in [0, 0.1) is 0 Å². The van der Waals surface area contributed by atoms with Crippen molar-refractivity contribution in [3.63, 3.8) is 0 Å². The number of carbonyl (C=O) groups excluding carboxylic acids is 2. The van der Waals surface area contributed by atoms with E-state index in [9.17, 15) is 14.7 Å². The number of aliphatic hydroxyl groups is 1. The number of hydrogen-bond acceptors (Lipinski definition) is 7. The van der Waals surface area contributed by atoms with Gasteiger partial charge in [0.1, 0.15) is 5.75 Å². The molecular weight excluding hydrogens is 458 g/mol. The first-order chi connectivity index (χ1) is 17.6. The number of anilines is 1. The molecule has 8 nitrogen and oxygen atoms in total. The lowest BCUT2D eigenvalue weighted by Gasteiger charge is -2.34. The fourth-order valence-electron chi connectivity index (χ4n) is 4.51. The van der Waals surface area contributed by atoms with Crippen molar-refractivity contribution in [3.05, 3.63) is 95.6 Å². The summed E-state index contributed by atoms with van der Waals surface area (Å²) in [5.41, 5.74) is 3.08. The molecule has 2 N–H and O–H groups in total. The van der Waals surface area contributed by atoms with E-state index in [-0.39, 0.29) is 11.9 Å². The molecule has 1 fully saturated rings. The van der Waals surface area contributed by atoms with E-state index in [2.05, 4.69) is 10.2 Å². The highest BCUT2D eigenvalue weighted by molar-refractivity contribution is 5.97. The summed E-state index contributed by atoms with van der Waals surface area (Å²) in [6, 6.07) is 24.6. The Hall–Kier alpha value is -3.88. The fourth-order valence-corrected chi connectivity index (χ4v) is 4.51. The van der Waals surface area contributed by atoms with Gasteiger partial charge in [-0.25, -0.2) is 4.79 Å². The van der Waals surface area contributed by atoms with E-state index in [0.29, 0.717) is 56.1 Å². The van der Waals surface area contributed by atoms with Gasteiger partial charge in [-0.05, 0) is 29.3 Å². The van der Waals surface area contributed by atoms with Gasteiger partial charge >= 0.3 is 6.09 Å². The quantitative estimate of drug-likeness (QED) is 0.489. The number of nitrogens with one attached hydrogen (secondary N) is 1. The van der Waals surface area contributed by atoms with E-state index in [1.165, 1.54) is 0 Å². The average Bonchev–Trinajstić information content (AvgIpc) is 3.30. The lowest BCUT2D eigenvalue weighted by Crippen LogP contribution is -2.49. The number of rotatable bonds is 7. The maximum absolute atomic E-state index is 13.0. The molecule has 1 atom stereocenters. The van der Waals surface area contributed by atoms with Crippen molar-refractivity contribution in [3.8, 4) is 5.75 Å². The zero-order valence-corrected chi connectivity index (χ0v) is 19.9. The summed E-state index contributed by atoms with van der Waals surface area (Å²) >= 11 is 0. The molecule has 1 amide bonds. The minimum Gasteiger partial charge on any atom is -0.445 e. The summed E-state index contributed by atoms with van der Waals surface area (Å²) in [4.78, 5) is 29.6. The predicted octanol–water partition coefficient (Wildman–Crippen LogP) is 3.88. The van der Waals surface area contributed by atoms with Crippen molar-refractivity contribution in [2.45, 2.75) is 18.9 Å². The van der Waals surface area contributed by atoms with Crippen LogP contribution in [0.2, 0.25) is 0 Å². The molecule has 0 aliphatic carbocycles. The van der Waals surface area contributed by atoms with Gasteiger partial charge in [-0.15, -0.1) is 0 Å². The Morgan fingerprint density at radius 3 is 2.22 bits per heavy atom. The number of ketones is 1. The zero-order valence-electron chi connectivity index (χ0n) is 19.9. The first-order valence-electron chi connectivity index (χ1n) is 12.1. The van der Waals surface area contributed by atoms with Crippen molar-refractivity contribution in [2.75, 3.05) is 38.0 Å². The Bertz CT molecular complexity index is 1160. The third kappa shape index (κ3) is 5.50. The standard InChI is InChI=1S/C28H29N3O5/c32-24(22-11-12-23-25(19-22)35-27(33)29-23)13-14-30-15-17-31(18-16-30)28(34)36-26(20-7-3-1-4-8-20)21-9-5-2-6-10-21/h1-12,19,26-27,29,33H,13-18H2. The van der Waals surface area contributed by atoms with Crippen LogP contribution in [0.15, 0.2) is 78.9 Å². The van der Waals surface area contributed by atoms with Gasteiger partial charge in [0.15, 0.2) is 11.9 Å². The molecule has 1 unspecified atom stereocenters. The number of piperazine rings is 1. The minimum absolute atomic E-state index is 0.0122. The summed E-state index contributed by atoms with van der Waals surface area (Å²) in [7, 11) is 0. The second-order valence-electron chi connectivity index (χ2n) is 8.91. The number of ether oxygens (including phenoxy) is 2. The van der Waals surface area contributed by atoms with E-state index in [4.69, 9.17) is 9.47 Å². The molecule has 186 valence electrons. The van der Waals surface area contributed by atoms with Gasteiger partial charge < -0.3 is 24.8 Å². The van der Waals surface area contributed by atoms with E-state index < -0.39 is 12.5 Å². The SMILES string of the molecule is O=C(CCN1CCN(C(=O)OC(c2ccccc2)c2ccccc2)CC1)c1ccc2c(c1)OC(O)N2. The van der Waals surface area contributed by atoms with Crippen molar-refractivity contribution < 1.29 is 24.2 Å². The Kier molecular flexibility index (Phi) is 7.16. The number of benzene rings is 3. The van der Waals surface area contributed by atoms with Crippen molar-refractivity contribution >= 4 is 17.6 Å². The largest absolute Gasteiger partial charge is 0.445 e. The van der Waals surface area contributed by atoms with E-state index in [1.807, 2.05) is 60.7 Å². The number of nitrogens with zero attached hydrogens (tertiary/aromatic N) is 2. The van der Waals surface area contributed by atoms with Gasteiger partial charge in [-0.1, -0.05) is 60.7 Å². The van der Waals surface area contributed by atoms with Crippen LogP contribution in [0.3, 0.4) is 0 Å². The number of fused-ring (bicyclic) bond motifs is 1. The van der Waals surface area contributed by atoms with Gasteiger partial charge in [0.2, 0.25) is 0 Å². The van der Waals surface area contributed by atoms with Crippen LogP contribution >= 0.6 is 0 Å². The number of carbonyl (C=O) groups is 2. The van der Waals surface area contributed by atoms with Gasteiger partial charge in [0.05, 0.1) is 5.69 Å². The molecule has 2 heterocycles. The zero-order chi connectivity index (χ0) is 24.9. The monoisotopic (exact) mass is 487 g/mol. The number of Topliss-reactive ketones (excluding diaryl/α,β-unsaturated/α-hetero) is 1. The molecule has 8 heteroatoms. The first-order valence-corrected chi connectivity index (χ1v) is 12.1. The Morgan fingerprint density at radius 1 is 0.944 bits per heavy atom. The van der Waals surface area contributed by atoms with Gasteiger partial charge in [-0.3, -0.25) is 9.69 Å². The first kappa shape index (κ1) is 23.8. The maximum Gasteiger partial charge on any atom is 0.410 e. The van der Waals surface area contributed by atoms with Gasteiger partial charge in [0, 0.05) is 44.7 Å². The molecule has 0 spiro atoms. The molecule has 1 saturated heterocycles. The molecule has 0 radical (unpaired) electrons. The predicted molar refractivity (Wildman–Crippen MR) is 135 cm³/mol. The summed E-state index contributed by atoms with van der Waals surface area (Å²) in [5, 5.41) is 12.3. The van der Waals surface area contributed by atoms with Crippen molar-refractivity contribution in [2.24, 2.45) is 0 Å².